The molecule has 1 aliphatic rings. The summed E-state index contributed by atoms with van der Waals surface area (Å²) in [6.45, 7) is 3.58. The molecule has 1 aliphatic heterocycles. The highest BCUT2D eigenvalue weighted by molar-refractivity contribution is 7.98. The average Bonchev–Trinajstić information content (AvgIpc) is 2.14. The molecule has 0 aromatic rings. The fourth-order valence-electron chi connectivity index (χ4n) is 0.913. The number of ether oxygens (including phenoxy) is 1. The first kappa shape index (κ1) is 7.66. The second-order valence-electron chi connectivity index (χ2n) is 2.29. The Balaban J connectivity index is 2.41. The molecule has 0 aromatic carbocycles. The highest BCUT2D eigenvalue weighted by atomic mass is 32.2. The lowest BCUT2D eigenvalue weighted by atomic mass is 10.2. The number of hydrogen-bond acceptors (Lipinski definition) is 3. The van der Waals surface area contributed by atoms with E-state index in [2.05, 4.69) is 6.58 Å². The summed E-state index contributed by atoms with van der Waals surface area (Å²) in [5.41, 5.74) is 0.610. The number of rotatable bonds is 2. The van der Waals surface area contributed by atoms with E-state index in [1.807, 2.05) is 6.26 Å². The van der Waals surface area contributed by atoms with E-state index in [0.717, 1.165) is 5.75 Å². The summed E-state index contributed by atoms with van der Waals surface area (Å²) < 4.78 is 4.95. The van der Waals surface area contributed by atoms with Crippen molar-refractivity contribution in [2.75, 3.05) is 12.0 Å². The van der Waals surface area contributed by atoms with Crippen molar-refractivity contribution in [3.05, 3.63) is 12.2 Å². The number of carbonyl (C=O) groups is 1. The first-order valence-corrected chi connectivity index (χ1v) is 4.51. The quantitative estimate of drug-likeness (QED) is 0.446. The van der Waals surface area contributed by atoms with Crippen molar-refractivity contribution in [3.8, 4) is 0 Å². The van der Waals surface area contributed by atoms with E-state index >= 15 is 0 Å². The summed E-state index contributed by atoms with van der Waals surface area (Å²) >= 11 is 1.68. The van der Waals surface area contributed by atoms with Crippen molar-refractivity contribution in [1.82, 2.24) is 0 Å². The van der Waals surface area contributed by atoms with Crippen molar-refractivity contribution in [2.45, 2.75) is 12.5 Å². The Morgan fingerprint density at radius 1 is 1.90 bits per heavy atom. The van der Waals surface area contributed by atoms with Crippen LogP contribution < -0.4 is 0 Å². The van der Waals surface area contributed by atoms with Gasteiger partial charge in [-0.15, -0.1) is 0 Å². The van der Waals surface area contributed by atoms with Crippen LogP contribution in [0.15, 0.2) is 12.2 Å². The molecule has 0 N–H and O–H groups in total. The molecule has 10 heavy (non-hydrogen) atoms. The lowest BCUT2D eigenvalue weighted by molar-refractivity contribution is -0.137. The van der Waals surface area contributed by atoms with Gasteiger partial charge in [-0.3, -0.25) is 0 Å². The number of carbonyl (C=O) groups excluding carboxylic acids is 1. The van der Waals surface area contributed by atoms with E-state index in [9.17, 15) is 4.79 Å². The summed E-state index contributed by atoms with van der Waals surface area (Å²) in [7, 11) is 0. The molecule has 1 unspecified atom stereocenters. The Bertz CT molecular complexity index is 149. The van der Waals surface area contributed by atoms with Crippen molar-refractivity contribution >= 4 is 17.7 Å². The minimum atomic E-state index is -0.223. The van der Waals surface area contributed by atoms with Crippen LogP contribution in [0.5, 0.6) is 0 Å². The lowest BCUT2D eigenvalue weighted by Crippen LogP contribution is -2.08. The Kier molecular flexibility index (Phi) is 2.38. The van der Waals surface area contributed by atoms with Gasteiger partial charge in [0.05, 0.1) is 0 Å². The van der Waals surface area contributed by atoms with Gasteiger partial charge in [0.1, 0.15) is 6.10 Å². The van der Waals surface area contributed by atoms with Crippen molar-refractivity contribution in [3.63, 3.8) is 0 Å². The van der Waals surface area contributed by atoms with Gasteiger partial charge in [-0.1, -0.05) is 6.58 Å². The van der Waals surface area contributed by atoms with Gasteiger partial charge in [0.25, 0.3) is 0 Å². The zero-order chi connectivity index (χ0) is 7.56. The third-order valence-corrected chi connectivity index (χ3v) is 2.09. The molecule has 0 aliphatic carbocycles. The number of esters is 1. The van der Waals surface area contributed by atoms with Crippen LogP contribution >= 0.6 is 11.8 Å². The fraction of sp³-hybridized carbons (Fsp3) is 0.571. The Labute approximate surface area is 64.6 Å². The van der Waals surface area contributed by atoms with Gasteiger partial charge >= 0.3 is 5.97 Å². The van der Waals surface area contributed by atoms with Crippen LogP contribution in [0, 0.1) is 0 Å². The molecule has 0 aromatic heterocycles. The van der Waals surface area contributed by atoms with Crippen molar-refractivity contribution < 1.29 is 9.53 Å². The summed E-state index contributed by atoms with van der Waals surface area (Å²) in [5, 5.41) is 0. The largest absolute Gasteiger partial charge is 0.458 e. The molecule has 0 amide bonds. The summed E-state index contributed by atoms with van der Waals surface area (Å²) in [6.07, 6.45) is 2.78. The predicted octanol–water partition coefficient (Wildman–Crippen LogP) is 1.22. The molecule has 3 heteroatoms. The first-order chi connectivity index (χ1) is 4.74. The maximum absolute atomic E-state index is 10.7. The highest BCUT2D eigenvalue weighted by Crippen LogP contribution is 2.20. The van der Waals surface area contributed by atoms with Gasteiger partial charge in [0.2, 0.25) is 0 Å². The summed E-state index contributed by atoms with van der Waals surface area (Å²) in [6, 6.07) is 0. The normalized spacial score (nSPS) is 25.1. The number of hydrogen-bond donors (Lipinski definition) is 0. The second kappa shape index (κ2) is 3.10. The minimum Gasteiger partial charge on any atom is -0.458 e. The standard InChI is InChI=1S/C7H10O2S/c1-5-3-6(4-10-2)9-7(5)8/h6H,1,3-4H2,2H3. The molecular formula is C7H10O2S. The number of cyclic esters (lactones) is 1. The van der Waals surface area contributed by atoms with E-state index in [1.54, 1.807) is 11.8 Å². The van der Waals surface area contributed by atoms with Crippen LogP contribution in [-0.4, -0.2) is 24.1 Å². The molecule has 1 saturated heterocycles. The zero-order valence-electron chi connectivity index (χ0n) is 5.92. The molecule has 56 valence electrons. The average molecular weight is 158 g/mol. The smallest absolute Gasteiger partial charge is 0.333 e. The van der Waals surface area contributed by atoms with Gasteiger partial charge in [0, 0.05) is 17.7 Å². The molecule has 0 radical (unpaired) electrons. The molecule has 1 fully saturated rings. The van der Waals surface area contributed by atoms with E-state index in [-0.39, 0.29) is 12.1 Å². The molecule has 0 bridgehead atoms. The maximum atomic E-state index is 10.7. The van der Waals surface area contributed by atoms with Gasteiger partial charge in [-0.05, 0) is 6.26 Å². The maximum Gasteiger partial charge on any atom is 0.333 e. The van der Waals surface area contributed by atoms with Crippen LogP contribution in [0.3, 0.4) is 0 Å². The van der Waals surface area contributed by atoms with E-state index in [1.165, 1.54) is 0 Å². The van der Waals surface area contributed by atoms with Crippen LogP contribution in [-0.2, 0) is 9.53 Å². The fourth-order valence-corrected chi connectivity index (χ4v) is 1.47. The van der Waals surface area contributed by atoms with Gasteiger partial charge in [-0.2, -0.15) is 11.8 Å². The third-order valence-electron chi connectivity index (χ3n) is 1.39. The molecular weight excluding hydrogens is 148 g/mol. The SMILES string of the molecule is C=C1CC(CSC)OC1=O. The Morgan fingerprint density at radius 3 is 3.00 bits per heavy atom. The Morgan fingerprint density at radius 2 is 2.60 bits per heavy atom. The van der Waals surface area contributed by atoms with E-state index in [0.29, 0.717) is 12.0 Å². The highest BCUT2D eigenvalue weighted by Gasteiger charge is 2.26. The molecule has 1 atom stereocenters. The third kappa shape index (κ3) is 1.53. The van der Waals surface area contributed by atoms with Gasteiger partial charge < -0.3 is 4.74 Å². The van der Waals surface area contributed by atoms with Crippen LogP contribution in [0.25, 0.3) is 0 Å². The molecule has 1 rings (SSSR count). The van der Waals surface area contributed by atoms with Crippen molar-refractivity contribution in [2.24, 2.45) is 0 Å². The van der Waals surface area contributed by atoms with E-state index in [4.69, 9.17) is 4.74 Å². The minimum absolute atomic E-state index is 0.0787. The second-order valence-corrected chi connectivity index (χ2v) is 3.20. The van der Waals surface area contributed by atoms with E-state index < -0.39 is 0 Å². The Hall–Kier alpha value is -0.440. The van der Waals surface area contributed by atoms with Crippen LogP contribution in [0.4, 0.5) is 0 Å². The lowest BCUT2D eigenvalue weighted by Gasteiger charge is -2.03. The van der Waals surface area contributed by atoms with Crippen LogP contribution in [0.1, 0.15) is 6.42 Å². The monoisotopic (exact) mass is 158 g/mol. The van der Waals surface area contributed by atoms with Gasteiger partial charge in [-0.25, -0.2) is 4.79 Å². The number of thioether (sulfide) groups is 1. The predicted molar refractivity (Wildman–Crippen MR) is 42.0 cm³/mol. The summed E-state index contributed by atoms with van der Waals surface area (Å²) in [5.74, 6) is 0.657. The van der Waals surface area contributed by atoms with Crippen molar-refractivity contribution in [1.29, 1.82) is 0 Å². The summed E-state index contributed by atoms with van der Waals surface area (Å²) in [4.78, 5) is 10.7. The van der Waals surface area contributed by atoms with Gasteiger partial charge in [0.15, 0.2) is 0 Å². The molecule has 0 saturated carbocycles. The first-order valence-electron chi connectivity index (χ1n) is 3.11. The van der Waals surface area contributed by atoms with Crippen LogP contribution in [0.2, 0.25) is 0 Å². The topological polar surface area (TPSA) is 26.3 Å². The zero-order valence-corrected chi connectivity index (χ0v) is 6.74. The molecule has 1 heterocycles. The molecule has 2 nitrogen and oxygen atoms in total. The molecule has 0 spiro atoms.